The molecular weight excluding hydrogens is 318 g/mol. The summed E-state index contributed by atoms with van der Waals surface area (Å²) in [6.07, 6.45) is 0.153. The lowest BCUT2D eigenvalue weighted by Crippen LogP contribution is -2.24. The van der Waals surface area contributed by atoms with Gasteiger partial charge in [0.05, 0.1) is 9.95 Å². The molecule has 0 unspecified atom stereocenters. The van der Waals surface area contributed by atoms with Crippen LogP contribution < -0.4 is 4.74 Å². The highest BCUT2D eigenvalue weighted by molar-refractivity contribution is 6.32. The van der Waals surface area contributed by atoms with E-state index in [4.69, 9.17) is 16.3 Å². The van der Waals surface area contributed by atoms with Crippen LogP contribution in [0.4, 0.5) is 5.69 Å². The van der Waals surface area contributed by atoms with Gasteiger partial charge < -0.3 is 4.74 Å². The van der Waals surface area contributed by atoms with Crippen molar-refractivity contribution in [2.75, 3.05) is 0 Å². The number of non-ortho nitro benzene ring substituents is 1. The van der Waals surface area contributed by atoms with Crippen LogP contribution in [0.5, 0.6) is 5.75 Å². The van der Waals surface area contributed by atoms with E-state index >= 15 is 0 Å². The fourth-order valence-corrected chi connectivity index (χ4v) is 2.30. The predicted octanol–water partition coefficient (Wildman–Crippen LogP) is 4.46. The van der Waals surface area contributed by atoms with Gasteiger partial charge in [0.1, 0.15) is 5.75 Å². The lowest BCUT2D eigenvalue weighted by Gasteiger charge is -2.15. The molecule has 0 radical (unpaired) electrons. The lowest BCUT2D eigenvalue weighted by molar-refractivity contribution is -0.384. The van der Waals surface area contributed by atoms with Gasteiger partial charge in [0.15, 0.2) is 6.10 Å². The predicted molar refractivity (Wildman–Crippen MR) is 88.3 cm³/mol. The summed E-state index contributed by atoms with van der Waals surface area (Å²) in [6, 6.07) is 11.2. The molecule has 0 aliphatic heterocycles. The summed E-state index contributed by atoms with van der Waals surface area (Å²) in [4.78, 5) is 22.5. The number of nitrogens with zero attached hydrogens (tertiary/aromatic N) is 1. The molecule has 5 nitrogen and oxygen atoms in total. The summed E-state index contributed by atoms with van der Waals surface area (Å²) >= 11 is 5.97. The fraction of sp³-hybridized carbons (Fsp3) is 0.235. The Balaban J connectivity index is 2.12. The summed E-state index contributed by atoms with van der Waals surface area (Å²) < 4.78 is 5.55. The molecule has 0 fully saturated rings. The topological polar surface area (TPSA) is 69.4 Å². The molecule has 0 spiro atoms. The second-order valence-corrected chi connectivity index (χ2v) is 5.45. The van der Waals surface area contributed by atoms with E-state index in [1.54, 1.807) is 19.1 Å². The van der Waals surface area contributed by atoms with Gasteiger partial charge in [0, 0.05) is 17.7 Å². The molecule has 2 rings (SSSR count). The Kier molecular flexibility index (Phi) is 5.34. The minimum Gasteiger partial charge on any atom is -0.481 e. The first-order valence-corrected chi connectivity index (χ1v) is 7.54. The van der Waals surface area contributed by atoms with E-state index in [1.165, 1.54) is 18.2 Å². The van der Waals surface area contributed by atoms with Gasteiger partial charge in [-0.1, -0.05) is 42.8 Å². The number of carbonyl (C=O) groups excluding carboxylic acids is 1. The van der Waals surface area contributed by atoms with Crippen molar-refractivity contribution in [3.05, 3.63) is 68.7 Å². The zero-order valence-corrected chi connectivity index (χ0v) is 13.5. The monoisotopic (exact) mass is 333 g/mol. The average Bonchev–Trinajstić information content (AvgIpc) is 2.55. The summed E-state index contributed by atoms with van der Waals surface area (Å²) in [5, 5.41) is 10.8. The molecule has 0 heterocycles. The Morgan fingerprint density at radius 2 is 1.91 bits per heavy atom. The SMILES string of the molecule is CCc1ccc(C(=O)[C@H](C)Oc2ccc([N+](=O)[O-])cc2Cl)cc1. The largest absolute Gasteiger partial charge is 0.481 e. The zero-order valence-electron chi connectivity index (χ0n) is 12.8. The number of Topliss-reactive ketones (excluding diaryl/α,β-unsaturated/α-hetero) is 1. The summed E-state index contributed by atoms with van der Waals surface area (Å²) in [7, 11) is 0. The minimum atomic E-state index is -0.749. The molecule has 23 heavy (non-hydrogen) atoms. The number of nitro benzene ring substituents is 1. The Morgan fingerprint density at radius 3 is 2.43 bits per heavy atom. The minimum absolute atomic E-state index is 0.0974. The Labute approximate surface area is 139 Å². The number of nitro groups is 1. The van der Waals surface area contributed by atoms with E-state index in [2.05, 4.69) is 0 Å². The molecule has 2 aromatic rings. The molecule has 0 aromatic heterocycles. The van der Waals surface area contributed by atoms with Crippen molar-refractivity contribution >= 4 is 23.1 Å². The number of carbonyl (C=O) groups is 1. The molecule has 2 aromatic carbocycles. The van der Waals surface area contributed by atoms with Crippen molar-refractivity contribution in [1.82, 2.24) is 0 Å². The standard InChI is InChI=1S/C17H16ClNO4/c1-3-12-4-6-13(7-5-12)17(20)11(2)23-16-9-8-14(19(21)22)10-15(16)18/h4-11H,3H2,1-2H3/t11-/m0/s1. The lowest BCUT2D eigenvalue weighted by atomic mass is 10.0. The van der Waals surface area contributed by atoms with Crippen molar-refractivity contribution < 1.29 is 14.5 Å². The number of hydrogen-bond acceptors (Lipinski definition) is 4. The highest BCUT2D eigenvalue weighted by Gasteiger charge is 2.19. The fourth-order valence-electron chi connectivity index (χ4n) is 2.08. The summed E-state index contributed by atoms with van der Waals surface area (Å²) in [5.41, 5.74) is 1.57. The van der Waals surface area contributed by atoms with Gasteiger partial charge in [-0.25, -0.2) is 0 Å². The van der Waals surface area contributed by atoms with Crippen molar-refractivity contribution in [3.8, 4) is 5.75 Å². The quantitative estimate of drug-likeness (QED) is 0.444. The Morgan fingerprint density at radius 1 is 1.26 bits per heavy atom. The molecule has 0 aliphatic carbocycles. The van der Waals surface area contributed by atoms with Gasteiger partial charge in [-0.15, -0.1) is 0 Å². The third-order valence-electron chi connectivity index (χ3n) is 3.45. The number of aryl methyl sites for hydroxylation is 1. The molecule has 1 atom stereocenters. The van der Waals surface area contributed by atoms with E-state index in [-0.39, 0.29) is 22.2 Å². The van der Waals surface area contributed by atoms with Crippen LogP contribution in [-0.2, 0) is 6.42 Å². The molecule has 120 valence electrons. The van der Waals surface area contributed by atoms with Gasteiger partial charge in [-0.2, -0.15) is 0 Å². The van der Waals surface area contributed by atoms with Crippen LogP contribution in [0.2, 0.25) is 5.02 Å². The second kappa shape index (κ2) is 7.24. The number of halogens is 1. The first kappa shape index (κ1) is 17.0. The second-order valence-electron chi connectivity index (χ2n) is 5.05. The number of benzene rings is 2. The van der Waals surface area contributed by atoms with Gasteiger partial charge in [0.25, 0.3) is 5.69 Å². The number of ether oxygens (including phenoxy) is 1. The smallest absolute Gasteiger partial charge is 0.271 e. The summed E-state index contributed by atoms with van der Waals surface area (Å²) in [5.74, 6) is 0.0605. The van der Waals surface area contributed by atoms with Crippen LogP contribution in [0.25, 0.3) is 0 Å². The third-order valence-corrected chi connectivity index (χ3v) is 3.74. The van der Waals surface area contributed by atoms with Crippen LogP contribution in [0, 0.1) is 10.1 Å². The van der Waals surface area contributed by atoms with Crippen molar-refractivity contribution in [2.45, 2.75) is 26.4 Å². The van der Waals surface area contributed by atoms with Gasteiger partial charge in [-0.3, -0.25) is 14.9 Å². The number of ketones is 1. The third kappa shape index (κ3) is 4.07. The molecule has 0 saturated carbocycles. The van der Waals surface area contributed by atoms with Crippen LogP contribution in [0.1, 0.15) is 29.8 Å². The van der Waals surface area contributed by atoms with E-state index in [9.17, 15) is 14.9 Å². The molecule has 6 heteroatoms. The van der Waals surface area contributed by atoms with Gasteiger partial charge >= 0.3 is 0 Å². The number of hydrogen-bond donors (Lipinski definition) is 0. The molecule has 0 aliphatic rings. The van der Waals surface area contributed by atoms with Gasteiger partial charge in [-0.05, 0) is 25.0 Å². The Bertz CT molecular complexity index is 728. The molecular formula is C17H16ClNO4. The maximum atomic E-state index is 12.4. The zero-order chi connectivity index (χ0) is 17.0. The van der Waals surface area contributed by atoms with E-state index < -0.39 is 11.0 Å². The first-order chi connectivity index (χ1) is 10.9. The maximum absolute atomic E-state index is 12.4. The van der Waals surface area contributed by atoms with Gasteiger partial charge in [0.2, 0.25) is 5.78 Å². The maximum Gasteiger partial charge on any atom is 0.271 e. The molecule has 0 saturated heterocycles. The highest BCUT2D eigenvalue weighted by atomic mass is 35.5. The Hall–Kier alpha value is -2.40. The molecule has 0 N–H and O–H groups in total. The van der Waals surface area contributed by atoms with E-state index in [1.807, 2.05) is 19.1 Å². The summed E-state index contributed by atoms with van der Waals surface area (Å²) in [6.45, 7) is 3.66. The van der Waals surface area contributed by atoms with E-state index in [0.717, 1.165) is 12.0 Å². The van der Waals surface area contributed by atoms with Crippen LogP contribution in [0.15, 0.2) is 42.5 Å². The van der Waals surface area contributed by atoms with Crippen molar-refractivity contribution in [1.29, 1.82) is 0 Å². The highest BCUT2D eigenvalue weighted by Crippen LogP contribution is 2.29. The molecule has 0 bridgehead atoms. The van der Waals surface area contributed by atoms with Crippen molar-refractivity contribution in [2.24, 2.45) is 0 Å². The van der Waals surface area contributed by atoms with Crippen LogP contribution >= 0.6 is 11.6 Å². The van der Waals surface area contributed by atoms with Crippen LogP contribution in [-0.4, -0.2) is 16.8 Å². The van der Waals surface area contributed by atoms with Crippen LogP contribution in [0.3, 0.4) is 0 Å². The number of rotatable bonds is 6. The average molecular weight is 334 g/mol. The van der Waals surface area contributed by atoms with Crippen molar-refractivity contribution in [3.63, 3.8) is 0 Å². The first-order valence-electron chi connectivity index (χ1n) is 7.16. The normalized spacial score (nSPS) is 11.8. The molecule has 0 amide bonds. The van der Waals surface area contributed by atoms with E-state index in [0.29, 0.717) is 5.56 Å².